The van der Waals surface area contributed by atoms with Crippen molar-refractivity contribution in [1.29, 1.82) is 0 Å². The molecule has 2 aromatic rings. The van der Waals surface area contributed by atoms with Crippen LogP contribution in [-0.4, -0.2) is 44.0 Å². The molecule has 1 aromatic heterocycles. The van der Waals surface area contributed by atoms with Crippen LogP contribution in [0.4, 0.5) is 5.82 Å². The molecule has 0 bridgehead atoms. The minimum Gasteiger partial charge on any atom is -0.379 e. The minimum absolute atomic E-state index is 0.217. The van der Waals surface area contributed by atoms with E-state index in [1.807, 2.05) is 12.1 Å². The van der Waals surface area contributed by atoms with Gasteiger partial charge in [0.2, 0.25) is 10.0 Å². The van der Waals surface area contributed by atoms with E-state index in [-0.39, 0.29) is 4.90 Å². The van der Waals surface area contributed by atoms with Gasteiger partial charge >= 0.3 is 0 Å². The Bertz CT molecular complexity index is 801. The third-order valence-corrected chi connectivity index (χ3v) is 6.19. The van der Waals surface area contributed by atoms with Crippen molar-refractivity contribution >= 4 is 15.8 Å². The number of morpholine rings is 1. The molecule has 1 saturated heterocycles. The maximum absolute atomic E-state index is 12.6. The van der Waals surface area contributed by atoms with E-state index in [0.29, 0.717) is 38.7 Å². The Labute approximate surface area is 148 Å². The SMILES string of the molecule is CCc1ccccc1CNc1ccc(S(=O)(=O)N2CCOCC2)cn1. The minimum atomic E-state index is -3.49. The van der Waals surface area contributed by atoms with E-state index < -0.39 is 10.0 Å². The summed E-state index contributed by atoms with van der Waals surface area (Å²) in [6.07, 6.45) is 2.39. The first-order valence-electron chi connectivity index (χ1n) is 8.46. The lowest BCUT2D eigenvalue weighted by molar-refractivity contribution is 0.0730. The number of nitrogens with one attached hydrogen (secondary N) is 1. The average Bonchev–Trinajstić information content (AvgIpc) is 2.67. The summed E-state index contributed by atoms with van der Waals surface area (Å²) in [5.41, 5.74) is 2.51. The molecule has 1 fully saturated rings. The first-order valence-corrected chi connectivity index (χ1v) is 9.90. The summed E-state index contributed by atoms with van der Waals surface area (Å²) in [5, 5.41) is 3.25. The number of aryl methyl sites for hydroxylation is 1. The molecule has 0 aliphatic carbocycles. The standard InChI is InChI=1S/C18H23N3O3S/c1-2-15-5-3-4-6-16(15)13-19-18-8-7-17(14-20-18)25(22,23)21-9-11-24-12-10-21/h3-8,14H,2,9-13H2,1H3,(H,19,20). The quantitative estimate of drug-likeness (QED) is 0.855. The van der Waals surface area contributed by atoms with Crippen LogP contribution in [0, 0.1) is 0 Å². The summed E-state index contributed by atoms with van der Waals surface area (Å²) < 4.78 is 31.8. The molecule has 25 heavy (non-hydrogen) atoms. The third kappa shape index (κ3) is 4.18. The number of ether oxygens (including phenoxy) is 1. The Balaban J connectivity index is 1.68. The van der Waals surface area contributed by atoms with Crippen LogP contribution < -0.4 is 5.32 Å². The van der Waals surface area contributed by atoms with Gasteiger partial charge in [-0.05, 0) is 29.7 Å². The van der Waals surface area contributed by atoms with Gasteiger partial charge in [-0.1, -0.05) is 31.2 Å². The molecule has 0 radical (unpaired) electrons. The molecule has 0 spiro atoms. The van der Waals surface area contributed by atoms with Gasteiger partial charge in [-0.15, -0.1) is 0 Å². The predicted octanol–water partition coefficient (Wildman–Crippen LogP) is 2.28. The highest BCUT2D eigenvalue weighted by Crippen LogP contribution is 2.18. The second-order valence-electron chi connectivity index (χ2n) is 5.87. The Hall–Kier alpha value is -1.96. The summed E-state index contributed by atoms with van der Waals surface area (Å²) in [4.78, 5) is 4.48. The van der Waals surface area contributed by atoms with E-state index in [2.05, 4.69) is 29.4 Å². The summed E-state index contributed by atoms with van der Waals surface area (Å²) >= 11 is 0. The molecule has 2 heterocycles. The van der Waals surface area contributed by atoms with E-state index in [9.17, 15) is 8.42 Å². The number of benzene rings is 1. The lowest BCUT2D eigenvalue weighted by atomic mass is 10.1. The predicted molar refractivity (Wildman–Crippen MR) is 97.0 cm³/mol. The Kier molecular flexibility index (Phi) is 5.67. The fourth-order valence-electron chi connectivity index (χ4n) is 2.83. The van der Waals surface area contributed by atoms with E-state index in [0.717, 1.165) is 6.42 Å². The Morgan fingerprint density at radius 3 is 2.48 bits per heavy atom. The van der Waals surface area contributed by atoms with Crippen LogP contribution in [0.15, 0.2) is 47.5 Å². The topological polar surface area (TPSA) is 71.5 Å². The second-order valence-corrected chi connectivity index (χ2v) is 7.81. The number of sulfonamides is 1. The van der Waals surface area contributed by atoms with Crippen molar-refractivity contribution in [3.8, 4) is 0 Å². The van der Waals surface area contributed by atoms with Crippen LogP contribution in [0.3, 0.4) is 0 Å². The molecular weight excluding hydrogens is 338 g/mol. The normalized spacial score (nSPS) is 15.9. The molecule has 0 atom stereocenters. The molecule has 1 aliphatic rings. The first-order chi connectivity index (χ1) is 12.1. The molecule has 3 rings (SSSR count). The second kappa shape index (κ2) is 7.95. The van der Waals surface area contributed by atoms with Gasteiger partial charge in [-0.2, -0.15) is 4.31 Å². The molecule has 0 saturated carbocycles. The molecule has 1 N–H and O–H groups in total. The zero-order valence-electron chi connectivity index (χ0n) is 14.3. The molecule has 6 nitrogen and oxygen atoms in total. The average molecular weight is 361 g/mol. The van der Waals surface area contributed by atoms with Crippen LogP contribution in [0.5, 0.6) is 0 Å². The van der Waals surface area contributed by atoms with Gasteiger partial charge in [0.05, 0.1) is 13.2 Å². The fourth-order valence-corrected chi connectivity index (χ4v) is 4.19. The van der Waals surface area contributed by atoms with Gasteiger partial charge in [-0.3, -0.25) is 0 Å². The van der Waals surface area contributed by atoms with Crippen LogP contribution in [0.1, 0.15) is 18.1 Å². The number of rotatable bonds is 6. The highest BCUT2D eigenvalue weighted by Gasteiger charge is 2.26. The van der Waals surface area contributed by atoms with E-state index in [1.54, 1.807) is 12.1 Å². The summed E-state index contributed by atoms with van der Waals surface area (Å²) in [6, 6.07) is 11.6. The zero-order chi connectivity index (χ0) is 17.7. The van der Waals surface area contributed by atoms with Crippen LogP contribution in [0.2, 0.25) is 0 Å². The monoisotopic (exact) mass is 361 g/mol. The van der Waals surface area contributed by atoms with Crippen molar-refractivity contribution in [2.75, 3.05) is 31.6 Å². The molecule has 134 valence electrons. The molecule has 0 unspecified atom stereocenters. The largest absolute Gasteiger partial charge is 0.379 e. The first kappa shape index (κ1) is 17.8. The lowest BCUT2D eigenvalue weighted by Crippen LogP contribution is -2.40. The molecule has 1 aromatic carbocycles. The molecule has 1 aliphatic heterocycles. The van der Waals surface area contributed by atoms with E-state index in [4.69, 9.17) is 4.74 Å². The van der Waals surface area contributed by atoms with Crippen molar-refractivity contribution in [2.24, 2.45) is 0 Å². The van der Waals surface area contributed by atoms with Crippen molar-refractivity contribution in [3.05, 3.63) is 53.7 Å². The summed E-state index contributed by atoms with van der Waals surface area (Å²) in [7, 11) is -3.49. The van der Waals surface area contributed by atoms with Crippen LogP contribution in [0.25, 0.3) is 0 Å². The van der Waals surface area contributed by atoms with Gasteiger partial charge in [0, 0.05) is 25.8 Å². The molecular formula is C18H23N3O3S. The smallest absolute Gasteiger partial charge is 0.244 e. The summed E-state index contributed by atoms with van der Waals surface area (Å²) in [6.45, 7) is 4.42. The summed E-state index contributed by atoms with van der Waals surface area (Å²) in [5.74, 6) is 0.659. The number of aromatic nitrogens is 1. The van der Waals surface area contributed by atoms with Gasteiger partial charge < -0.3 is 10.1 Å². The maximum atomic E-state index is 12.6. The number of hydrogen-bond donors (Lipinski definition) is 1. The van der Waals surface area contributed by atoms with Crippen LogP contribution >= 0.6 is 0 Å². The van der Waals surface area contributed by atoms with Gasteiger partial charge in [-0.25, -0.2) is 13.4 Å². The highest BCUT2D eigenvalue weighted by molar-refractivity contribution is 7.89. The van der Waals surface area contributed by atoms with Crippen molar-refractivity contribution in [2.45, 2.75) is 24.8 Å². The van der Waals surface area contributed by atoms with Crippen LogP contribution in [-0.2, 0) is 27.7 Å². The molecule has 7 heteroatoms. The zero-order valence-corrected chi connectivity index (χ0v) is 15.1. The fraction of sp³-hybridized carbons (Fsp3) is 0.389. The van der Waals surface area contributed by atoms with Crippen molar-refractivity contribution in [3.63, 3.8) is 0 Å². The molecule has 0 amide bonds. The van der Waals surface area contributed by atoms with Crippen molar-refractivity contribution in [1.82, 2.24) is 9.29 Å². The number of nitrogens with zero attached hydrogens (tertiary/aromatic N) is 2. The van der Waals surface area contributed by atoms with E-state index >= 15 is 0 Å². The number of anilines is 1. The van der Waals surface area contributed by atoms with Gasteiger partial charge in [0.25, 0.3) is 0 Å². The Morgan fingerprint density at radius 2 is 1.84 bits per heavy atom. The van der Waals surface area contributed by atoms with Gasteiger partial charge in [0.15, 0.2) is 0 Å². The lowest BCUT2D eigenvalue weighted by Gasteiger charge is -2.25. The highest BCUT2D eigenvalue weighted by atomic mass is 32.2. The Morgan fingerprint density at radius 1 is 1.12 bits per heavy atom. The number of pyridine rings is 1. The maximum Gasteiger partial charge on any atom is 0.244 e. The van der Waals surface area contributed by atoms with E-state index in [1.165, 1.54) is 21.6 Å². The number of hydrogen-bond acceptors (Lipinski definition) is 5. The third-order valence-electron chi connectivity index (χ3n) is 4.30. The van der Waals surface area contributed by atoms with Crippen molar-refractivity contribution < 1.29 is 13.2 Å². The van der Waals surface area contributed by atoms with Gasteiger partial charge in [0.1, 0.15) is 10.7 Å².